The first kappa shape index (κ1) is 32.1. The van der Waals surface area contributed by atoms with Crippen LogP contribution in [-0.2, 0) is 0 Å². The van der Waals surface area contributed by atoms with Gasteiger partial charge in [-0.05, 0) is 38.5 Å². The SMILES string of the molecule is CCCOc1cc(OCCC)c(OBOc2c(OCCC)cc(OCCC)cc2OCCC)c(OCCC)c1. The summed E-state index contributed by atoms with van der Waals surface area (Å²) in [5.41, 5.74) is 0. The molecule has 0 amide bonds. The zero-order chi connectivity index (χ0) is 28.3. The van der Waals surface area contributed by atoms with Crippen LogP contribution in [0.25, 0.3) is 0 Å². The fraction of sp³-hybridized carbons (Fsp3) is 0.600. The van der Waals surface area contributed by atoms with Gasteiger partial charge in [-0.15, -0.1) is 0 Å². The lowest BCUT2D eigenvalue weighted by molar-refractivity contribution is 0.264. The molecule has 0 saturated carbocycles. The van der Waals surface area contributed by atoms with Gasteiger partial charge >= 0.3 is 7.69 Å². The summed E-state index contributed by atoms with van der Waals surface area (Å²) in [4.78, 5) is 0. The van der Waals surface area contributed by atoms with Crippen molar-refractivity contribution in [3.63, 3.8) is 0 Å². The highest BCUT2D eigenvalue weighted by Gasteiger charge is 2.21. The van der Waals surface area contributed by atoms with Gasteiger partial charge in [0.1, 0.15) is 11.5 Å². The van der Waals surface area contributed by atoms with E-state index >= 15 is 0 Å². The third-order valence-electron chi connectivity index (χ3n) is 5.19. The summed E-state index contributed by atoms with van der Waals surface area (Å²) in [6, 6.07) is 7.35. The van der Waals surface area contributed by atoms with Crippen LogP contribution >= 0.6 is 0 Å². The molecule has 218 valence electrons. The molecule has 0 heterocycles. The van der Waals surface area contributed by atoms with E-state index in [4.69, 9.17) is 37.7 Å². The topological polar surface area (TPSA) is 73.8 Å². The minimum absolute atomic E-state index is 0.111. The summed E-state index contributed by atoms with van der Waals surface area (Å²) in [6.07, 6.45) is 5.20. The van der Waals surface area contributed by atoms with E-state index in [1.54, 1.807) is 0 Å². The molecule has 0 fully saturated rings. The molecular weight excluding hydrogens is 499 g/mol. The second-order valence-corrected chi connectivity index (χ2v) is 8.99. The standard InChI is InChI=1S/C30H47BO8/c1-7-13-32-23-19-25(34-15-9-3)29(26(20-23)35-16-10-4)38-31-39-30-27(36-17-11-5)21-24(33-14-8-2)22-28(30)37-18-12-6/h19-22,31H,7-18H2,1-6H3. The number of hydrogen-bond acceptors (Lipinski definition) is 8. The molecule has 0 atom stereocenters. The minimum Gasteiger partial charge on any atom is -0.523 e. The van der Waals surface area contributed by atoms with Gasteiger partial charge in [0.15, 0.2) is 34.5 Å². The molecule has 39 heavy (non-hydrogen) atoms. The minimum atomic E-state index is -0.111. The van der Waals surface area contributed by atoms with Crippen molar-refractivity contribution in [2.75, 3.05) is 39.6 Å². The third-order valence-corrected chi connectivity index (χ3v) is 5.19. The highest BCUT2D eigenvalue weighted by molar-refractivity contribution is 6.21. The fourth-order valence-corrected chi connectivity index (χ4v) is 3.42. The molecular formula is C30H47BO8. The molecule has 0 aromatic heterocycles. The molecule has 0 saturated heterocycles. The fourth-order valence-electron chi connectivity index (χ4n) is 3.42. The van der Waals surface area contributed by atoms with Crippen molar-refractivity contribution in [3.05, 3.63) is 24.3 Å². The first-order valence-corrected chi connectivity index (χ1v) is 14.5. The Kier molecular flexibility index (Phi) is 15.7. The maximum Gasteiger partial charge on any atom is 0.576 e. The Morgan fingerprint density at radius 1 is 0.410 bits per heavy atom. The lowest BCUT2D eigenvalue weighted by Gasteiger charge is -2.21. The predicted octanol–water partition coefficient (Wildman–Crippen LogP) is 7.14. The first-order valence-electron chi connectivity index (χ1n) is 14.5. The van der Waals surface area contributed by atoms with Gasteiger partial charge in [-0.2, -0.15) is 0 Å². The van der Waals surface area contributed by atoms with Gasteiger partial charge in [0.25, 0.3) is 0 Å². The molecule has 0 bridgehead atoms. The first-order chi connectivity index (χ1) is 19.1. The molecule has 0 aliphatic carbocycles. The second kappa shape index (κ2) is 19.0. The van der Waals surface area contributed by atoms with E-state index in [9.17, 15) is 0 Å². The Balaban J connectivity index is 2.37. The average molecular weight is 547 g/mol. The molecule has 0 spiro atoms. The van der Waals surface area contributed by atoms with E-state index in [2.05, 4.69) is 41.5 Å². The molecule has 0 aliphatic rings. The summed E-state index contributed by atoms with van der Waals surface area (Å²) in [6.45, 7) is 15.7. The Labute approximate surface area is 235 Å². The van der Waals surface area contributed by atoms with Crippen molar-refractivity contribution < 1.29 is 37.7 Å². The monoisotopic (exact) mass is 546 g/mol. The number of ether oxygens (including phenoxy) is 6. The Morgan fingerprint density at radius 3 is 0.923 bits per heavy atom. The third kappa shape index (κ3) is 10.9. The van der Waals surface area contributed by atoms with Gasteiger partial charge in [0, 0.05) is 24.3 Å². The highest BCUT2D eigenvalue weighted by atomic mass is 16.6. The van der Waals surface area contributed by atoms with Crippen molar-refractivity contribution in [1.82, 2.24) is 0 Å². The highest BCUT2D eigenvalue weighted by Crippen LogP contribution is 2.44. The summed E-state index contributed by atoms with van der Waals surface area (Å²) >= 11 is 0. The van der Waals surface area contributed by atoms with Crippen LogP contribution < -0.4 is 37.7 Å². The maximum absolute atomic E-state index is 6.17. The van der Waals surface area contributed by atoms with E-state index in [1.807, 2.05) is 24.3 Å². The van der Waals surface area contributed by atoms with Crippen molar-refractivity contribution in [2.24, 2.45) is 0 Å². The molecule has 9 heteroatoms. The average Bonchev–Trinajstić information content (AvgIpc) is 2.95. The zero-order valence-corrected chi connectivity index (χ0v) is 24.8. The molecule has 0 aliphatic heterocycles. The van der Waals surface area contributed by atoms with Gasteiger partial charge in [0.2, 0.25) is 0 Å². The van der Waals surface area contributed by atoms with Crippen LogP contribution in [0.5, 0.6) is 46.0 Å². The van der Waals surface area contributed by atoms with E-state index in [0.29, 0.717) is 85.6 Å². The Bertz CT molecular complexity index is 819. The predicted molar refractivity (Wildman–Crippen MR) is 156 cm³/mol. The van der Waals surface area contributed by atoms with E-state index in [-0.39, 0.29) is 7.69 Å². The van der Waals surface area contributed by atoms with Crippen LogP contribution in [0.3, 0.4) is 0 Å². The second-order valence-electron chi connectivity index (χ2n) is 8.99. The van der Waals surface area contributed by atoms with Crippen LogP contribution in [0.15, 0.2) is 24.3 Å². The summed E-state index contributed by atoms with van der Waals surface area (Å²) in [5, 5.41) is 0. The van der Waals surface area contributed by atoms with Gasteiger partial charge < -0.3 is 37.7 Å². The van der Waals surface area contributed by atoms with E-state index < -0.39 is 0 Å². The molecule has 8 nitrogen and oxygen atoms in total. The lowest BCUT2D eigenvalue weighted by Crippen LogP contribution is -2.15. The van der Waals surface area contributed by atoms with Crippen LogP contribution in [0.2, 0.25) is 0 Å². The van der Waals surface area contributed by atoms with Gasteiger partial charge in [0.05, 0.1) is 39.6 Å². The number of benzene rings is 2. The van der Waals surface area contributed by atoms with Crippen LogP contribution in [0.1, 0.15) is 80.1 Å². The molecule has 0 radical (unpaired) electrons. The maximum atomic E-state index is 6.17. The number of rotatable bonds is 22. The van der Waals surface area contributed by atoms with Gasteiger partial charge in [-0.3, -0.25) is 0 Å². The molecule has 2 aromatic rings. The summed E-state index contributed by atoms with van der Waals surface area (Å²) in [7, 11) is -0.111. The summed E-state index contributed by atoms with van der Waals surface area (Å²) < 4.78 is 48.2. The lowest BCUT2D eigenvalue weighted by atomic mass is 10.2. The summed E-state index contributed by atoms with van der Waals surface area (Å²) in [5.74, 6) is 4.49. The van der Waals surface area contributed by atoms with Crippen molar-refractivity contribution in [3.8, 4) is 46.0 Å². The molecule has 2 rings (SSSR count). The normalized spacial score (nSPS) is 10.5. The Morgan fingerprint density at radius 2 is 0.667 bits per heavy atom. The Hall–Kier alpha value is -3.10. The molecule has 2 aromatic carbocycles. The zero-order valence-electron chi connectivity index (χ0n) is 24.8. The smallest absolute Gasteiger partial charge is 0.523 e. The van der Waals surface area contributed by atoms with E-state index in [0.717, 1.165) is 38.5 Å². The van der Waals surface area contributed by atoms with Crippen molar-refractivity contribution in [1.29, 1.82) is 0 Å². The van der Waals surface area contributed by atoms with Gasteiger partial charge in [-0.1, -0.05) is 41.5 Å². The van der Waals surface area contributed by atoms with Crippen molar-refractivity contribution in [2.45, 2.75) is 80.1 Å². The van der Waals surface area contributed by atoms with Crippen LogP contribution in [0.4, 0.5) is 0 Å². The molecule has 0 unspecified atom stereocenters. The van der Waals surface area contributed by atoms with Gasteiger partial charge in [-0.25, -0.2) is 0 Å². The number of hydrogen-bond donors (Lipinski definition) is 0. The van der Waals surface area contributed by atoms with E-state index in [1.165, 1.54) is 0 Å². The molecule has 0 N–H and O–H groups in total. The quantitative estimate of drug-likeness (QED) is 0.144. The van der Waals surface area contributed by atoms with Crippen molar-refractivity contribution >= 4 is 7.69 Å². The largest absolute Gasteiger partial charge is 0.576 e. The van der Waals surface area contributed by atoms with Crippen LogP contribution in [0, 0.1) is 0 Å². The van der Waals surface area contributed by atoms with Crippen LogP contribution in [-0.4, -0.2) is 47.3 Å².